The van der Waals surface area contributed by atoms with E-state index < -0.39 is 0 Å². The third kappa shape index (κ3) is 3.22. The van der Waals surface area contributed by atoms with Crippen LogP contribution < -0.4 is 5.32 Å². The lowest BCUT2D eigenvalue weighted by Gasteiger charge is -2.06. The molecule has 0 amide bonds. The molecule has 0 aliphatic carbocycles. The summed E-state index contributed by atoms with van der Waals surface area (Å²) < 4.78 is 0. The van der Waals surface area contributed by atoms with Crippen LogP contribution in [0.15, 0.2) is 60.4 Å². The molecule has 0 aliphatic heterocycles. The molecular formula is C16H15N3S. The zero-order valence-corrected chi connectivity index (χ0v) is 11.8. The van der Waals surface area contributed by atoms with Crippen LogP contribution in [0.4, 0.5) is 5.82 Å². The van der Waals surface area contributed by atoms with Crippen LogP contribution in [0.5, 0.6) is 0 Å². The molecular weight excluding hydrogens is 266 g/mol. The number of nitrogens with zero attached hydrogens (tertiary/aromatic N) is 2. The molecule has 3 rings (SSSR count). The Labute approximate surface area is 122 Å². The van der Waals surface area contributed by atoms with Gasteiger partial charge in [0.25, 0.3) is 0 Å². The average molecular weight is 281 g/mol. The van der Waals surface area contributed by atoms with Gasteiger partial charge in [0.1, 0.15) is 5.82 Å². The van der Waals surface area contributed by atoms with Crippen LogP contribution in [-0.2, 0) is 6.42 Å². The van der Waals surface area contributed by atoms with Crippen molar-refractivity contribution in [3.63, 3.8) is 0 Å². The quantitative estimate of drug-likeness (QED) is 0.771. The summed E-state index contributed by atoms with van der Waals surface area (Å²) in [5.41, 5.74) is 2.45. The van der Waals surface area contributed by atoms with Crippen LogP contribution >= 0.6 is 11.3 Å². The summed E-state index contributed by atoms with van der Waals surface area (Å²) in [4.78, 5) is 9.71. The minimum absolute atomic E-state index is 0.870. The molecule has 0 radical (unpaired) electrons. The molecule has 0 bridgehead atoms. The van der Waals surface area contributed by atoms with E-state index in [0.717, 1.165) is 18.8 Å². The number of nitrogens with one attached hydrogen (secondary N) is 1. The molecule has 0 spiro atoms. The molecule has 0 atom stereocenters. The molecule has 0 fully saturated rings. The summed E-state index contributed by atoms with van der Waals surface area (Å²) in [6.45, 7) is 0.870. The van der Waals surface area contributed by atoms with Crippen molar-refractivity contribution in [2.45, 2.75) is 6.42 Å². The molecule has 0 aromatic carbocycles. The molecule has 100 valence electrons. The van der Waals surface area contributed by atoms with E-state index in [1.807, 2.05) is 36.8 Å². The Hall–Kier alpha value is -2.20. The topological polar surface area (TPSA) is 37.8 Å². The Morgan fingerprint density at radius 3 is 2.65 bits per heavy atom. The molecule has 3 heterocycles. The maximum Gasteiger partial charge on any atom is 0.125 e. The van der Waals surface area contributed by atoms with E-state index in [9.17, 15) is 0 Å². The first-order valence-electron chi connectivity index (χ1n) is 6.54. The molecule has 3 nitrogen and oxygen atoms in total. The lowest BCUT2D eigenvalue weighted by atomic mass is 10.2. The fourth-order valence-corrected chi connectivity index (χ4v) is 2.69. The highest BCUT2D eigenvalue weighted by Crippen LogP contribution is 2.24. The van der Waals surface area contributed by atoms with Gasteiger partial charge in [0.2, 0.25) is 0 Å². The van der Waals surface area contributed by atoms with Crippen molar-refractivity contribution >= 4 is 17.2 Å². The number of pyridine rings is 2. The lowest BCUT2D eigenvalue weighted by Crippen LogP contribution is -2.06. The molecule has 0 saturated carbocycles. The van der Waals surface area contributed by atoms with Gasteiger partial charge in [0.15, 0.2) is 0 Å². The maximum atomic E-state index is 4.45. The predicted molar refractivity (Wildman–Crippen MR) is 84.0 cm³/mol. The van der Waals surface area contributed by atoms with Gasteiger partial charge in [-0.15, -0.1) is 11.3 Å². The van der Waals surface area contributed by atoms with Crippen molar-refractivity contribution in [1.82, 2.24) is 9.97 Å². The second-order valence-corrected chi connectivity index (χ2v) is 5.39. The zero-order chi connectivity index (χ0) is 13.6. The second kappa shape index (κ2) is 6.30. The van der Waals surface area contributed by atoms with Crippen LogP contribution in [0.1, 0.15) is 5.56 Å². The summed E-state index contributed by atoms with van der Waals surface area (Å²) in [5.74, 6) is 0.916. The Morgan fingerprint density at radius 2 is 1.95 bits per heavy atom. The maximum absolute atomic E-state index is 4.45. The van der Waals surface area contributed by atoms with E-state index in [0.29, 0.717) is 0 Å². The first-order chi connectivity index (χ1) is 9.92. The van der Waals surface area contributed by atoms with Gasteiger partial charge >= 0.3 is 0 Å². The minimum atomic E-state index is 0.870. The third-order valence-electron chi connectivity index (χ3n) is 3.04. The van der Waals surface area contributed by atoms with Crippen molar-refractivity contribution in [2.24, 2.45) is 0 Å². The second-order valence-electron chi connectivity index (χ2n) is 4.44. The molecule has 20 heavy (non-hydrogen) atoms. The minimum Gasteiger partial charge on any atom is -0.370 e. The predicted octanol–water partition coefficient (Wildman–Crippen LogP) is 3.86. The molecule has 1 N–H and O–H groups in total. The number of hydrogen-bond donors (Lipinski definition) is 1. The van der Waals surface area contributed by atoms with Crippen molar-refractivity contribution in [3.05, 3.63) is 65.9 Å². The Morgan fingerprint density at radius 1 is 1.05 bits per heavy atom. The molecule has 3 aromatic rings. The molecule has 0 aliphatic rings. The van der Waals surface area contributed by atoms with Gasteiger partial charge in [-0.25, -0.2) is 4.98 Å². The van der Waals surface area contributed by atoms with Gasteiger partial charge in [-0.05, 0) is 47.7 Å². The van der Waals surface area contributed by atoms with Crippen molar-refractivity contribution in [1.29, 1.82) is 0 Å². The van der Waals surface area contributed by atoms with Gasteiger partial charge in [-0.1, -0.05) is 6.07 Å². The van der Waals surface area contributed by atoms with Gasteiger partial charge in [0, 0.05) is 35.6 Å². The van der Waals surface area contributed by atoms with E-state index in [4.69, 9.17) is 0 Å². The van der Waals surface area contributed by atoms with Crippen LogP contribution in [-0.4, -0.2) is 16.5 Å². The largest absolute Gasteiger partial charge is 0.370 e. The Balaban J connectivity index is 1.56. The van der Waals surface area contributed by atoms with Crippen molar-refractivity contribution in [3.8, 4) is 10.4 Å². The standard InChI is InChI=1S/C16H15N3S/c1-2-15(20-11-1)14-3-4-16(19-12-14)18-10-7-13-5-8-17-9-6-13/h1-6,8-9,11-12H,7,10H2,(H,18,19). The van der Waals surface area contributed by atoms with E-state index in [1.54, 1.807) is 11.3 Å². The summed E-state index contributed by atoms with van der Waals surface area (Å²) >= 11 is 1.73. The summed E-state index contributed by atoms with van der Waals surface area (Å²) in [6.07, 6.45) is 6.53. The van der Waals surface area contributed by atoms with E-state index >= 15 is 0 Å². The fourth-order valence-electron chi connectivity index (χ4n) is 1.97. The smallest absolute Gasteiger partial charge is 0.125 e. The van der Waals surface area contributed by atoms with Crippen LogP contribution in [0.25, 0.3) is 10.4 Å². The van der Waals surface area contributed by atoms with Gasteiger partial charge in [-0.3, -0.25) is 4.98 Å². The molecule has 4 heteroatoms. The molecule has 0 unspecified atom stereocenters. The van der Waals surface area contributed by atoms with Gasteiger partial charge in [-0.2, -0.15) is 0 Å². The third-order valence-corrected chi connectivity index (χ3v) is 3.96. The SMILES string of the molecule is c1csc(-c2ccc(NCCc3ccncc3)nc2)c1. The van der Waals surface area contributed by atoms with Crippen molar-refractivity contribution < 1.29 is 0 Å². The highest BCUT2D eigenvalue weighted by atomic mass is 32.1. The van der Waals surface area contributed by atoms with Crippen LogP contribution in [0.2, 0.25) is 0 Å². The van der Waals surface area contributed by atoms with E-state index in [-0.39, 0.29) is 0 Å². The summed E-state index contributed by atoms with van der Waals surface area (Å²) in [5, 5.41) is 5.42. The van der Waals surface area contributed by atoms with Gasteiger partial charge in [0.05, 0.1) is 0 Å². The summed E-state index contributed by atoms with van der Waals surface area (Å²) in [6, 6.07) is 12.4. The monoisotopic (exact) mass is 281 g/mol. The Kier molecular flexibility index (Phi) is 4.04. The molecule has 3 aromatic heterocycles. The molecule has 0 saturated heterocycles. The lowest BCUT2D eigenvalue weighted by molar-refractivity contribution is 1.00. The normalized spacial score (nSPS) is 10.4. The number of rotatable bonds is 5. The fraction of sp³-hybridized carbons (Fsp3) is 0.125. The van der Waals surface area contributed by atoms with Crippen LogP contribution in [0, 0.1) is 0 Å². The zero-order valence-electron chi connectivity index (χ0n) is 11.0. The number of thiophene rings is 1. The van der Waals surface area contributed by atoms with Gasteiger partial charge < -0.3 is 5.32 Å². The number of anilines is 1. The summed E-state index contributed by atoms with van der Waals surface area (Å²) in [7, 11) is 0. The average Bonchev–Trinajstić information content (AvgIpc) is 3.03. The van der Waals surface area contributed by atoms with E-state index in [2.05, 4.69) is 38.9 Å². The van der Waals surface area contributed by atoms with Crippen molar-refractivity contribution in [2.75, 3.05) is 11.9 Å². The van der Waals surface area contributed by atoms with E-state index in [1.165, 1.54) is 16.0 Å². The Bertz CT molecular complexity index is 633. The number of hydrogen-bond acceptors (Lipinski definition) is 4. The van der Waals surface area contributed by atoms with Crippen LogP contribution in [0.3, 0.4) is 0 Å². The highest BCUT2D eigenvalue weighted by Gasteiger charge is 2.00. The number of aromatic nitrogens is 2. The first kappa shape index (κ1) is 12.8. The highest BCUT2D eigenvalue weighted by molar-refractivity contribution is 7.13. The first-order valence-corrected chi connectivity index (χ1v) is 7.42.